The van der Waals surface area contributed by atoms with Crippen molar-refractivity contribution < 1.29 is 29.3 Å². The molecule has 1 aromatic carbocycles. The van der Waals surface area contributed by atoms with E-state index in [1.807, 2.05) is 6.92 Å². The first-order valence-electron chi connectivity index (χ1n) is 6.31. The molecule has 21 heavy (non-hydrogen) atoms. The summed E-state index contributed by atoms with van der Waals surface area (Å²) >= 11 is 0. The third-order valence-corrected chi connectivity index (χ3v) is 2.66. The maximum atomic E-state index is 12.2. The first-order valence-corrected chi connectivity index (χ1v) is 6.31. The zero-order chi connectivity index (χ0) is 16.0. The van der Waals surface area contributed by atoms with Crippen LogP contribution in [0.1, 0.15) is 24.2 Å². The molecule has 7 heteroatoms. The molecular formula is C14H17NO6. The van der Waals surface area contributed by atoms with Crippen LogP contribution in [-0.4, -0.2) is 46.6 Å². The number of carboxylic acids is 1. The Morgan fingerprint density at radius 3 is 2.24 bits per heavy atom. The van der Waals surface area contributed by atoms with E-state index < -0.39 is 29.8 Å². The fourth-order valence-electron chi connectivity index (χ4n) is 1.71. The van der Waals surface area contributed by atoms with Gasteiger partial charge in [0.15, 0.2) is 11.9 Å². The van der Waals surface area contributed by atoms with Gasteiger partial charge in [-0.3, -0.25) is 9.59 Å². The zero-order valence-electron chi connectivity index (χ0n) is 11.7. The van der Waals surface area contributed by atoms with Crippen LogP contribution in [0, 0.1) is 0 Å². The van der Waals surface area contributed by atoms with Crippen molar-refractivity contribution in [2.75, 3.05) is 6.61 Å². The lowest BCUT2D eigenvalue weighted by Gasteiger charge is -2.19. The minimum absolute atomic E-state index is 0.164. The summed E-state index contributed by atoms with van der Waals surface area (Å²) in [6.45, 7) is 3.42. The van der Waals surface area contributed by atoms with E-state index in [4.69, 9.17) is 9.84 Å². The van der Waals surface area contributed by atoms with Crippen LogP contribution in [0.15, 0.2) is 24.3 Å². The van der Waals surface area contributed by atoms with Gasteiger partial charge in [0.25, 0.3) is 0 Å². The van der Waals surface area contributed by atoms with Crippen LogP contribution in [-0.2, 0) is 9.59 Å². The van der Waals surface area contributed by atoms with Crippen molar-refractivity contribution in [1.82, 2.24) is 5.32 Å². The van der Waals surface area contributed by atoms with Crippen molar-refractivity contribution in [2.45, 2.75) is 26.0 Å². The highest BCUT2D eigenvalue weighted by Gasteiger charge is 2.33. The molecule has 1 amide bonds. The quantitative estimate of drug-likeness (QED) is 0.620. The Balaban J connectivity index is 2.98. The molecule has 2 atom stereocenters. The smallest absolute Gasteiger partial charge is 0.335 e. The molecule has 0 aromatic heterocycles. The summed E-state index contributed by atoms with van der Waals surface area (Å²) in [5, 5.41) is 20.5. The zero-order valence-corrected chi connectivity index (χ0v) is 11.7. The molecule has 0 aliphatic rings. The van der Waals surface area contributed by atoms with Gasteiger partial charge in [-0.25, -0.2) is 4.79 Å². The average Bonchev–Trinajstić information content (AvgIpc) is 2.44. The fraction of sp³-hybridized carbons (Fsp3) is 0.357. The molecular weight excluding hydrogens is 278 g/mol. The van der Waals surface area contributed by atoms with Crippen LogP contribution in [0.5, 0.6) is 5.75 Å². The van der Waals surface area contributed by atoms with E-state index in [1.165, 1.54) is 12.1 Å². The minimum atomic E-state index is -2.02. The fourth-order valence-corrected chi connectivity index (χ4v) is 1.71. The molecule has 0 radical (unpaired) electrons. The number of ether oxygens (including phenoxy) is 1. The molecule has 1 aromatic rings. The van der Waals surface area contributed by atoms with E-state index in [9.17, 15) is 19.5 Å². The van der Waals surface area contributed by atoms with Crippen LogP contribution in [0.3, 0.4) is 0 Å². The molecule has 0 bridgehead atoms. The third-order valence-electron chi connectivity index (χ3n) is 2.66. The second-order valence-corrected chi connectivity index (χ2v) is 4.28. The minimum Gasteiger partial charge on any atom is -0.494 e. The molecule has 0 aliphatic carbocycles. The first-order chi connectivity index (χ1) is 9.86. The van der Waals surface area contributed by atoms with Crippen LogP contribution < -0.4 is 10.1 Å². The van der Waals surface area contributed by atoms with E-state index in [2.05, 4.69) is 5.32 Å². The summed E-state index contributed by atoms with van der Waals surface area (Å²) in [7, 11) is 0. The number of Topliss-reactive ketones (excluding diaryl/α,β-unsaturated/α-hetero) is 1. The highest BCUT2D eigenvalue weighted by molar-refractivity contribution is 6.04. The number of hydrogen-bond acceptors (Lipinski definition) is 5. The number of aliphatic hydroxyl groups is 1. The Morgan fingerprint density at radius 1 is 1.24 bits per heavy atom. The number of benzene rings is 1. The largest absolute Gasteiger partial charge is 0.494 e. The van der Waals surface area contributed by atoms with Gasteiger partial charge in [0.2, 0.25) is 5.91 Å². The summed E-state index contributed by atoms with van der Waals surface area (Å²) in [5.74, 6) is -2.33. The van der Waals surface area contributed by atoms with Crippen LogP contribution >= 0.6 is 0 Å². The monoisotopic (exact) mass is 295 g/mol. The molecule has 114 valence electrons. The Labute approximate surface area is 121 Å². The van der Waals surface area contributed by atoms with Crippen molar-refractivity contribution in [2.24, 2.45) is 0 Å². The summed E-state index contributed by atoms with van der Waals surface area (Å²) < 4.78 is 5.23. The summed E-state index contributed by atoms with van der Waals surface area (Å²) in [6.07, 6.45) is -2.02. The van der Waals surface area contributed by atoms with Gasteiger partial charge >= 0.3 is 5.97 Å². The summed E-state index contributed by atoms with van der Waals surface area (Å²) in [4.78, 5) is 34.1. The Kier molecular flexibility index (Phi) is 5.86. The van der Waals surface area contributed by atoms with Crippen molar-refractivity contribution in [3.05, 3.63) is 29.8 Å². The number of carbonyl (C=O) groups is 3. The topological polar surface area (TPSA) is 113 Å². The Hall–Kier alpha value is -2.41. The summed E-state index contributed by atoms with van der Waals surface area (Å²) in [5.41, 5.74) is 0.164. The van der Waals surface area contributed by atoms with Crippen LogP contribution in [0.25, 0.3) is 0 Å². The molecule has 1 rings (SSSR count). The van der Waals surface area contributed by atoms with Gasteiger partial charge < -0.3 is 20.3 Å². The van der Waals surface area contributed by atoms with Gasteiger partial charge in [0, 0.05) is 12.5 Å². The SMILES string of the molecule is CCOc1ccc(C(=O)C(NC(C)=O)C(O)C(=O)O)cc1. The van der Waals surface area contributed by atoms with Crippen LogP contribution in [0.4, 0.5) is 0 Å². The van der Waals surface area contributed by atoms with E-state index >= 15 is 0 Å². The van der Waals surface area contributed by atoms with E-state index in [1.54, 1.807) is 12.1 Å². The highest BCUT2D eigenvalue weighted by atomic mass is 16.5. The Morgan fingerprint density at radius 2 is 1.81 bits per heavy atom. The molecule has 0 heterocycles. The van der Waals surface area contributed by atoms with Crippen molar-refractivity contribution in [3.8, 4) is 5.75 Å². The molecule has 0 fully saturated rings. The van der Waals surface area contributed by atoms with Gasteiger partial charge in [-0.05, 0) is 31.2 Å². The van der Waals surface area contributed by atoms with Gasteiger partial charge in [0.05, 0.1) is 6.61 Å². The molecule has 0 saturated heterocycles. The van der Waals surface area contributed by atoms with Gasteiger partial charge in [-0.15, -0.1) is 0 Å². The lowest BCUT2D eigenvalue weighted by atomic mass is 9.99. The van der Waals surface area contributed by atoms with Gasteiger partial charge in [-0.2, -0.15) is 0 Å². The number of aliphatic hydroxyl groups excluding tert-OH is 1. The predicted molar refractivity (Wildman–Crippen MR) is 73.2 cm³/mol. The number of hydrogen-bond donors (Lipinski definition) is 3. The van der Waals surface area contributed by atoms with Gasteiger partial charge in [-0.1, -0.05) is 0 Å². The number of aliphatic carboxylic acids is 1. The maximum absolute atomic E-state index is 12.2. The van der Waals surface area contributed by atoms with Crippen LogP contribution in [0.2, 0.25) is 0 Å². The third kappa shape index (κ3) is 4.57. The van der Waals surface area contributed by atoms with Gasteiger partial charge in [0.1, 0.15) is 11.8 Å². The standard InChI is InChI=1S/C14H17NO6/c1-3-21-10-6-4-9(5-7-10)12(17)11(15-8(2)16)13(18)14(19)20/h4-7,11,13,18H,3H2,1-2H3,(H,15,16)(H,19,20). The van der Waals surface area contributed by atoms with Crippen molar-refractivity contribution in [1.29, 1.82) is 0 Å². The van der Waals surface area contributed by atoms with Crippen molar-refractivity contribution >= 4 is 17.7 Å². The number of carbonyl (C=O) groups excluding carboxylic acids is 2. The molecule has 3 N–H and O–H groups in total. The predicted octanol–water partition coefficient (Wildman–Crippen LogP) is 0.218. The normalized spacial score (nSPS) is 13.1. The lowest BCUT2D eigenvalue weighted by molar-refractivity contribution is -0.147. The highest BCUT2D eigenvalue weighted by Crippen LogP contribution is 2.14. The Bertz CT molecular complexity index is 525. The number of rotatable bonds is 7. The summed E-state index contributed by atoms with van der Waals surface area (Å²) in [6, 6.07) is 4.44. The molecule has 2 unspecified atom stereocenters. The number of amides is 1. The average molecular weight is 295 g/mol. The second-order valence-electron chi connectivity index (χ2n) is 4.28. The second kappa shape index (κ2) is 7.39. The van der Waals surface area contributed by atoms with Crippen molar-refractivity contribution in [3.63, 3.8) is 0 Å². The molecule has 0 aliphatic heterocycles. The number of nitrogens with one attached hydrogen (secondary N) is 1. The number of ketones is 1. The van der Waals surface area contributed by atoms with E-state index in [-0.39, 0.29) is 5.56 Å². The molecule has 0 saturated carbocycles. The van der Waals surface area contributed by atoms with E-state index in [0.29, 0.717) is 12.4 Å². The van der Waals surface area contributed by atoms with E-state index in [0.717, 1.165) is 6.92 Å². The maximum Gasteiger partial charge on any atom is 0.335 e. The first kappa shape index (κ1) is 16.6. The molecule has 7 nitrogen and oxygen atoms in total. The molecule has 0 spiro atoms. The lowest BCUT2D eigenvalue weighted by Crippen LogP contribution is -2.51. The number of carboxylic acid groups (broad SMARTS) is 1.